The fourth-order valence-electron chi connectivity index (χ4n) is 1.70. The van der Waals surface area contributed by atoms with Crippen molar-refractivity contribution in [1.82, 2.24) is 5.32 Å². The van der Waals surface area contributed by atoms with Gasteiger partial charge in [-0.15, -0.1) is 11.3 Å². The highest BCUT2D eigenvalue weighted by molar-refractivity contribution is 7.12. The van der Waals surface area contributed by atoms with Crippen LogP contribution in [0, 0.1) is 12.8 Å². The molecule has 0 fully saturated rings. The van der Waals surface area contributed by atoms with E-state index in [1.54, 1.807) is 11.3 Å². The smallest absolute Gasteiger partial charge is 0.308 e. The van der Waals surface area contributed by atoms with Crippen molar-refractivity contribution in [2.24, 2.45) is 5.92 Å². The molecule has 0 aliphatic carbocycles. The Balaban J connectivity index is 2.38. The summed E-state index contributed by atoms with van der Waals surface area (Å²) in [6.07, 6.45) is 1.72. The molecule has 4 nitrogen and oxygen atoms in total. The second kappa shape index (κ2) is 7.16. The molecule has 0 spiro atoms. The van der Waals surface area contributed by atoms with Crippen molar-refractivity contribution in [1.29, 1.82) is 0 Å². The molecule has 2 N–H and O–H groups in total. The third kappa shape index (κ3) is 4.87. The van der Waals surface area contributed by atoms with Gasteiger partial charge in [-0.05, 0) is 25.5 Å². The lowest BCUT2D eigenvalue weighted by Crippen LogP contribution is -2.33. The number of thiophene rings is 1. The molecular formula is C13H19NO3S. The summed E-state index contributed by atoms with van der Waals surface area (Å²) in [6.45, 7) is 4.15. The number of aliphatic carboxylic acids is 1. The van der Waals surface area contributed by atoms with Crippen molar-refractivity contribution in [3.8, 4) is 0 Å². The monoisotopic (exact) mass is 269 g/mol. The van der Waals surface area contributed by atoms with Gasteiger partial charge < -0.3 is 10.4 Å². The number of carbonyl (C=O) groups is 2. The number of nitrogens with one attached hydrogen (secondary N) is 1. The Bertz CT molecular complexity index is 414. The van der Waals surface area contributed by atoms with Crippen molar-refractivity contribution in [2.45, 2.75) is 33.1 Å². The fraction of sp³-hybridized carbons (Fsp3) is 0.538. The van der Waals surface area contributed by atoms with Gasteiger partial charge in [-0.1, -0.05) is 13.3 Å². The van der Waals surface area contributed by atoms with Crippen LogP contribution in [0.5, 0.6) is 0 Å². The Labute approximate surface area is 111 Å². The van der Waals surface area contributed by atoms with E-state index >= 15 is 0 Å². The van der Waals surface area contributed by atoms with E-state index in [1.165, 1.54) is 4.88 Å². The zero-order chi connectivity index (χ0) is 13.5. The number of carboxylic acid groups (broad SMARTS) is 1. The van der Waals surface area contributed by atoms with Crippen molar-refractivity contribution in [2.75, 3.05) is 6.54 Å². The summed E-state index contributed by atoms with van der Waals surface area (Å²) in [5.41, 5.74) is 0. The number of carboxylic acids is 1. The normalized spacial score (nSPS) is 12.1. The highest BCUT2D eigenvalue weighted by atomic mass is 32.1. The predicted octanol–water partition coefficient (Wildman–Crippen LogP) is 2.22. The second-order valence-corrected chi connectivity index (χ2v) is 5.69. The molecule has 1 aromatic heterocycles. The highest BCUT2D eigenvalue weighted by Gasteiger charge is 2.17. The van der Waals surface area contributed by atoms with E-state index in [-0.39, 0.29) is 12.5 Å². The van der Waals surface area contributed by atoms with Crippen LogP contribution in [-0.2, 0) is 16.0 Å². The number of aryl methyl sites for hydroxylation is 1. The Kier molecular flexibility index (Phi) is 5.85. The van der Waals surface area contributed by atoms with Crippen LogP contribution < -0.4 is 5.32 Å². The third-order valence-electron chi connectivity index (χ3n) is 2.66. The van der Waals surface area contributed by atoms with Gasteiger partial charge in [0.2, 0.25) is 5.91 Å². The van der Waals surface area contributed by atoms with E-state index in [0.29, 0.717) is 12.8 Å². The van der Waals surface area contributed by atoms with Crippen LogP contribution in [0.25, 0.3) is 0 Å². The van der Waals surface area contributed by atoms with E-state index in [0.717, 1.165) is 11.3 Å². The van der Waals surface area contributed by atoms with Crippen molar-refractivity contribution in [3.05, 3.63) is 21.9 Å². The number of hydrogen-bond donors (Lipinski definition) is 2. The summed E-state index contributed by atoms with van der Waals surface area (Å²) in [7, 11) is 0. The molecule has 0 aliphatic rings. The van der Waals surface area contributed by atoms with Crippen LogP contribution in [-0.4, -0.2) is 23.5 Å². The van der Waals surface area contributed by atoms with Gasteiger partial charge in [-0.3, -0.25) is 9.59 Å². The van der Waals surface area contributed by atoms with Gasteiger partial charge in [-0.2, -0.15) is 0 Å². The van der Waals surface area contributed by atoms with E-state index in [1.807, 2.05) is 26.0 Å². The lowest BCUT2D eigenvalue weighted by atomic mass is 10.0. The number of hydrogen-bond acceptors (Lipinski definition) is 3. The first-order chi connectivity index (χ1) is 8.52. The van der Waals surface area contributed by atoms with Gasteiger partial charge in [0.15, 0.2) is 0 Å². The van der Waals surface area contributed by atoms with Crippen molar-refractivity contribution in [3.63, 3.8) is 0 Å². The average Bonchev–Trinajstić information content (AvgIpc) is 2.69. The van der Waals surface area contributed by atoms with Gasteiger partial charge in [0, 0.05) is 16.3 Å². The standard InChI is InChI=1S/C13H19NO3S/c1-3-4-10(13(16)17)8-14-12(15)7-11-6-5-9(2)18-11/h5-6,10H,3-4,7-8H2,1-2H3,(H,14,15)(H,16,17). The molecule has 1 aromatic rings. The van der Waals surface area contributed by atoms with Gasteiger partial charge in [-0.25, -0.2) is 0 Å². The summed E-state index contributed by atoms with van der Waals surface area (Å²) in [5.74, 6) is -1.44. The first-order valence-electron chi connectivity index (χ1n) is 6.07. The maximum absolute atomic E-state index is 11.7. The quantitative estimate of drug-likeness (QED) is 0.797. The molecule has 0 aromatic carbocycles. The average molecular weight is 269 g/mol. The SMILES string of the molecule is CCCC(CNC(=O)Cc1ccc(C)s1)C(=O)O. The predicted molar refractivity (Wildman–Crippen MR) is 71.8 cm³/mol. The lowest BCUT2D eigenvalue weighted by molar-refractivity contribution is -0.141. The molecule has 1 rings (SSSR count). The molecule has 0 saturated carbocycles. The largest absolute Gasteiger partial charge is 0.481 e. The molecule has 5 heteroatoms. The molecule has 1 amide bonds. The molecule has 18 heavy (non-hydrogen) atoms. The molecule has 100 valence electrons. The molecule has 1 atom stereocenters. The van der Waals surface area contributed by atoms with E-state index in [4.69, 9.17) is 5.11 Å². The van der Waals surface area contributed by atoms with Gasteiger partial charge in [0.1, 0.15) is 0 Å². The van der Waals surface area contributed by atoms with E-state index in [9.17, 15) is 9.59 Å². The minimum absolute atomic E-state index is 0.112. The maximum Gasteiger partial charge on any atom is 0.308 e. The van der Waals surface area contributed by atoms with E-state index in [2.05, 4.69) is 5.32 Å². The molecular weight excluding hydrogens is 250 g/mol. The lowest BCUT2D eigenvalue weighted by Gasteiger charge is -2.11. The first-order valence-corrected chi connectivity index (χ1v) is 6.89. The van der Waals surface area contributed by atoms with Crippen LogP contribution in [0.15, 0.2) is 12.1 Å². The van der Waals surface area contributed by atoms with Crippen LogP contribution in [0.4, 0.5) is 0 Å². The summed E-state index contributed by atoms with van der Waals surface area (Å²) in [6, 6.07) is 3.91. The summed E-state index contributed by atoms with van der Waals surface area (Å²) >= 11 is 1.59. The van der Waals surface area contributed by atoms with Crippen LogP contribution in [0.2, 0.25) is 0 Å². The third-order valence-corrected chi connectivity index (χ3v) is 3.66. The number of rotatable bonds is 7. The van der Waals surface area contributed by atoms with Crippen molar-refractivity contribution < 1.29 is 14.7 Å². The van der Waals surface area contributed by atoms with Gasteiger partial charge in [0.25, 0.3) is 0 Å². The minimum atomic E-state index is -0.843. The van der Waals surface area contributed by atoms with Crippen LogP contribution in [0.3, 0.4) is 0 Å². The molecule has 0 bridgehead atoms. The van der Waals surface area contributed by atoms with Gasteiger partial charge in [0.05, 0.1) is 12.3 Å². The highest BCUT2D eigenvalue weighted by Crippen LogP contribution is 2.15. The molecule has 0 aliphatic heterocycles. The zero-order valence-electron chi connectivity index (χ0n) is 10.7. The Morgan fingerprint density at radius 1 is 1.44 bits per heavy atom. The number of amides is 1. The van der Waals surface area contributed by atoms with Crippen molar-refractivity contribution >= 4 is 23.2 Å². The van der Waals surface area contributed by atoms with Crippen LogP contribution >= 0.6 is 11.3 Å². The Morgan fingerprint density at radius 2 is 2.17 bits per heavy atom. The van der Waals surface area contributed by atoms with Gasteiger partial charge >= 0.3 is 5.97 Å². The van der Waals surface area contributed by atoms with Crippen LogP contribution in [0.1, 0.15) is 29.5 Å². The molecule has 1 unspecified atom stereocenters. The topological polar surface area (TPSA) is 66.4 Å². The Hall–Kier alpha value is -1.36. The molecule has 0 radical (unpaired) electrons. The number of carbonyl (C=O) groups excluding carboxylic acids is 1. The molecule has 0 saturated heterocycles. The first kappa shape index (κ1) is 14.7. The maximum atomic E-state index is 11.7. The van der Waals surface area contributed by atoms with E-state index < -0.39 is 11.9 Å². The zero-order valence-corrected chi connectivity index (χ0v) is 11.5. The summed E-state index contributed by atoms with van der Waals surface area (Å²) < 4.78 is 0. The Morgan fingerprint density at radius 3 is 2.67 bits per heavy atom. The molecule has 1 heterocycles. The minimum Gasteiger partial charge on any atom is -0.481 e. The summed E-state index contributed by atoms with van der Waals surface area (Å²) in [5, 5.41) is 11.7. The summed E-state index contributed by atoms with van der Waals surface area (Å²) in [4.78, 5) is 24.8. The fourth-order valence-corrected chi connectivity index (χ4v) is 2.59. The second-order valence-electron chi connectivity index (χ2n) is 4.32.